The van der Waals surface area contributed by atoms with Crippen molar-refractivity contribution in [2.45, 2.75) is 20.3 Å². The fourth-order valence-electron chi connectivity index (χ4n) is 1.75. The van der Waals surface area contributed by atoms with Gasteiger partial charge in [-0.3, -0.25) is 4.79 Å². The highest BCUT2D eigenvalue weighted by molar-refractivity contribution is 9.10. The van der Waals surface area contributed by atoms with E-state index in [-0.39, 0.29) is 11.8 Å². The zero-order valence-electron chi connectivity index (χ0n) is 10.9. The van der Waals surface area contributed by atoms with Gasteiger partial charge in [-0.1, -0.05) is 6.92 Å². The monoisotopic (exact) mass is 314 g/mol. The second-order valence-corrected chi connectivity index (χ2v) is 5.38. The molecule has 0 aliphatic rings. The Balaban J connectivity index is 2.70. The van der Waals surface area contributed by atoms with Crippen LogP contribution >= 0.6 is 15.9 Å². The number of carbonyl (C=O) groups is 1. The van der Waals surface area contributed by atoms with Gasteiger partial charge in [0, 0.05) is 24.6 Å². The number of hydrogen-bond donors (Lipinski definition) is 2. The standard InChI is InChI=1S/C13H19BrN2O2/c1-8-4-10(14)13(11(15)5-8)16-12(17)6-9(2)7-18-3/h4-5,9H,6-7,15H2,1-3H3,(H,16,17). The van der Waals surface area contributed by atoms with Gasteiger partial charge in [0.15, 0.2) is 0 Å². The lowest BCUT2D eigenvalue weighted by Crippen LogP contribution is -2.18. The molecule has 0 heterocycles. The fraction of sp³-hybridized carbons (Fsp3) is 0.462. The fourth-order valence-corrected chi connectivity index (χ4v) is 2.44. The van der Waals surface area contributed by atoms with E-state index in [0.29, 0.717) is 24.4 Å². The maximum atomic E-state index is 11.8. The average molecular weight is 315 g/mol. The van der Waals surface area contributed by atoms with Gasteiger partial charge >= 0.3 is 0 Å². The first-order valence-electron chi connectivity index (χ1n) is 5.78. The average Bonchev–Trinajstić information content (AvgIpc) is 2.23. The molecule has 0 radical (unpaired) electrons. The highest BCUT2D eigenvalue weighted by atomic mass is 79.9. The number of nitrogen functional groups attached to an aromatic ring is 1. The molecule has 1 unspecified atom stereocenters. The predicted octanol–water partition coefficient (Wildman–Crippen LogP) is 2.95. The minimum atomic E-state index is -0.0594. The van der Waals surface area contributed by atoms with Crippen molar-refractivity contribution in [2.24, 2.45) is 5.92 Å². The van der Waals surface area contributed by atoms with Crippen LogP contribution in [0.15, 0.2) is 16.6 Å². The van der Waals surface area contributed by atoms with Crippen LogP contribution in [0.25, 0.3) is 0 Å². The minimum Gasteiger partial charge on any atom is -0.397 e. The number of nitrogens with two attached hydrogens (primary N) is 1. The smallest absolute Gasteiger partial charge is 0.224 e. The summed E-state index contributed by atoms with van der Waals surface area (Å²) < 4.78 is 5.80. The molecule has 4 nitrogen and oxygen atoms in total. The van der Waals surface area contributed by atoms with Gasteiger partial charge in [0.25, 0.3) is 0 Å². The summed E-state index contributed by atoms with van der Waals surface area (Å²) in [5.41, 5.74) is 8.14. The van der Waals surface area contributed by atoms with Crippen molar-refractivity contribution in [3.63, 3.8) is 0 Å². The summed E-state index contributed by atoms with van der Waals surface area (Å²) in [5.74, 6) is 0.122. The molecule has 1 rings (SSSR count). The molecular weight excluding hydrogens is 296 g/mol. The van der Waals surface area contributed by atoms with Gasteiger partial charge in [-0.2, -0.15) is 0 Å². The van der Waals surface area contributed by atoms with Crippen molar-refractivity contribution in [2.75, 3.05) is 24.8 Å². The van der Waals surface area contributed by atoms with E-state index >= 15 is 0 Å². The topological polar surface area (TPSA) is 64.3 Å². The summed E-state index contributed by atoms with van der Waals surface area (Å²) in [6.45, 7) is 4.49. The lowest BCUT2D eigenvalue weighted by molar-refractivity contribution is -0.117. The van der Waals surface area contributed by atoms with Gasteiger partial charge in [0.05, 0.1) is 11.4 Å². The number of aryl methyl sites for hydroxylation is 1. The number of ether oxygens (including phenoxy) is 1. The van der Waals surface area contributed by atoms with Crippen molar-refractivity contribution in [1.82, 2.24) is 0 Å². The summed E-state index contributed by atoms with van der Waals surface area (Å²) >= 11 is 3.40. The van der Waals surface area contributed by atoms with E-state index in [1.54, 1.807) is 7.11 Å². The lowest BCUT2D eigenvalue weighted by atomic mass is 10.1. The first-order chi connectivity index (χ1) is 8.43. The van der Waals surface area contributed by atoms with Gasteiger partial charge < -0.3 is 15.8 Å². The number of anilines is 2. The van der Waals surface area contributed by atoms with Crippen molar-refractivity contribution in [1.29, 1.82) is 0 Å². The predicted molar refractivity (Wildman–Crippen MR) is 77.6 cm³/mol. The van der Waals surface area contributed by atoms with Gasteiger partial charge in [-0.15, -0.1) is 0 Å². The molecule has 0 fully saturated rings. The van der Waals surface area contributed by atoms with Crippen LogP contribution in [0, 0.1) is 12.8 Å². The van der Waals surface area contributed by atoms with Crippen LogP contribution in [0.5, 0.6) is 0 Å². The van der Waals surface area contributed by atoms with Gasteiger partial charge in [0.2, 0.25) is 5.91 Å². The van der Waals surface area contributed by atoms with Crippen LogP contribution in [-0.2, 0) is 9.53 Å². The SMILES string of the molecule is COCC(C)CC(=O)Nc1c(N)cc(C)cc1Br. The molecule has 1 aromatic rings. The molecule has 0 aromatic heterocycles. The molecule has 0 saturated carbocycles. The molecule has 0 spiro atoms. The first-order valence-corrected chi connectivity index (χ1v) is 6.57. The van der Waals surface area contributed by atoms with Crippen molar-refractivity contribution < 1.29 is 9.53 Å². The Bertz CT molecular complexity index is 412. The second kappa shape index (κ2) is 6.75. The summed E-state index contributed by atoms with van der Waals surface area (Å²) in [4.78, 5) is 11.8. The lowest BCUT2D eigenvalue weighted by Gasteiger charge is -2.13. The Labute approximate surface area is 116 Å². The molecular formula is C13H19BrN2O2. The van der Waals surface area contributed by atoms with Crippen LogP contribution in [0.3, 0.4) is 0 Å². The maximum absolute atomic E-state index is 11.8. The number of benzene rings is 1. The highest BCUT2D eigenvalue weighted by Crippen LogP contribution is 2.30. The third kappa shape index (κ3) is 4.31. The van der Waals surface area contributed by atoms with Crippen LogP contribution in [-0.4, -0.2) is 19.6 Å². The van der Waals surface area contributed by atoms with Crippen LogP contribution in [0.4, 0.5) is 11.4 Å². The third-order valence-electron chi connectivity index (χ3n) is 2.51. The molecule has 0 bridgehead atoms. The van der Waals surface area contributed by atoms with E-state index in [1.807, 2.05) is 26.0 Å². The van der Waals surface area contributed by atoms with E-state index in [0.717, 1.165) is 10.0 Å². The Morgan fingerprint density at radius 1 is 1.56 bits per heavy atom. The zero-order valence-corrected chi connectivity index (χ0v) is 12.5. The highest BCUT2D eigenvalue weighted by Gasteiger charge is 2.12. The molecule has 3 N–H and O–H groups in total. The molecule has 5 heteroatoms. The van der Waals surface area contributed by atoms with Crippen LogP contribution in [0.1, 0.15) is 18.9 Å². The Hall–Kier alpha value is -1.07. The molecule has 1 aromatic carbocycles. The third-order valence-corrected chi connectivity index (χ3v) is 3.14. The van der Waals surface area contributed by atoms with E-state index in [2.05, 4.69) is 21.2 Å². The van der Waals surface area contributed by atoms with Crippen LogP contribution in [0.2, 0.25) is 0 Å². The summed E-state index contributed by atoms with van der Waals surface area (Å²) in [6, 6.07) is 3.75. The molecule has 0 saturated heterocycles. The maximum Gasteiger partial charge on any atom is 0.224 e. The van der Waals surface area contributed by atoms with Crippen molar-refractivity contribution >= 4 is 33.2 Å². The quantitative estimate of drug-likeness (QED) is 0.821. The molecule has 18 heavy (non-hydrogen) atoms. The van der Waals surface area contributed by atoms with E-state index in [1.165, 1.54) is 0 Å². The van der Waals surface area contributed by atoms with E-state index in [9.17, 15) is 4.79 Å². The van der Waals surface area contributed by atoms with E-state index < -0.39 is 0 Å². The molecule has 0 aliphatic heterocycles. The van der Waals surface area contributed by atoms with Gasteiger partial charge in [0.1, 0.15) is 0 Å². The Kier molecular flexibility index (Phi) is 5.62. The summed E-state index contributed by atoms with van der Waals surface area (Å²) in [7, 11) is 1.63. The largest absolute Gasteiger partial charge is 0.397 e. The Morgan fingerprint density at radius 3 is 2.78 bits per heavy atom. The normalized spacial score (nSPS) is 12.2. The number of rotatable bonds is 5. The van der Waals surface area contributed by atoms with Crippen molar-refractivity contribution in [3.05, 3.63) is 22.2 Å². The number of halogens is 1. The number of amides is 1. The van der Waals surface area contributed by atoms with Gasteiger partial charge in [-0.05, 0) is 46.5 Å². The molecule has 1 amide bonds. The van der Waals surface area contributed by atoms with E-state index in [4.69, 9.17) is 10.5 Å². The Morgan fingerprint density at radius 2 is 2.22 bits per heavy atom. The molecule has 1 atom stereocenters. The second-order valence-electron chi connectivity index (χ2n) is 4.52. The number of hydrogen-bond acceptors (Lipinski definition) is 3. The number of carbonyl (C=O) groups excluding carboxylic acids is 1. The molecule has 0 aliphatic carbocycles. The number of nitrogens with one attached hydrogen (secondary N) is 1. The first kappa shape index (κ1) is 15.0. The molecule has 100 valence electrons. The van der Waals surface area contributed by atoms with Gasteiger partial charge in [-0.25, -0.2) is 0 Å². The summed E-state index contributed by atoms with van der Waals surface area (Å²) in [6.07, 6.45) is 0.410. The zero-order chi connectivity index (χ0) is 13.7. The van der Waals surface area contributed by atoms with Crippen molar-refractivity contribution in [3.8, 4) is 0 Å². The number of methoxy groups -OCH3 is 1. The minimum absolute atomic E-state index is 0.0594. The summed E-state index contributed by atoms with van der Waals surface area (Å²) in [5, 5.41) is 2.83. The van der Waals surface area contributed by atoms with Crippen LogP contribution < -0.4 is 11.1 Å².